The van der Waals surface area contributed by atoms with E-state index in [0.29, 0.717) is 11.3 Å². The largest absolute Gasteiger partial charge is 0.456 e. The molecule has 1 aromatic carbocycles. The van der Waals surface area contributed by atoms with Gasteiger partial charge in [-0.3, -0.25) is 19.7 Å². The zero-order valence-corrected chi connectivity index (χ0v) is 16.1. The molecule has 0 bridgehead atoms. The number of imide groups is 1. The number of rotatable bonds is 8. The first-order valence-corrected chi connectivity index (χ1v) is 10.2. The predicted octanol–water partition coefficient (Wildman–Crippen LogP) is 1.09. The SMILES string of the molecule is CNS(=O)(=O)c1ccc(CCC(=O)OCC(=O)NC(=O)c2cccs2)cc1. The van der Waals surface area contributed by atoms with E-state index in [9.17, 15) is 22.8 Å². The molecule has 144 valence electrons. The maximum absolute atomic E-state index is 11.7. The van der Waals surface area contributed by atoms with Crippen molar-refractivity contribution in [3.05, 3.63) is 52.2 Å². The van der Waals surface area contributed by atoms with E-state index in [1.807, 2.05) is 0 Å². The zero-order chi connectivity index (χ0) is 19.9. The van der Waals surface area contributed by atoms with E-state index >= 15 is 0 Å². The molecule has 1 aromatic heterocycles. The lowest BCUT2D eigenvalue weighted by Gasteiger charge is -2.06. The van der Waals surface area contributed by atoms with Gasteiger partial charge in [-0.05, 0) is 42.6 Å². The van der Waals surface area contributed by atoms with Gasteiger partial charge in [-0.15, -0.1) is 11.3 Å². The van der Waals surface area contributed by atoms with Gasteiger partial charge in [-0.2, -0.15) is 0 Å². The van der Waals surface area contributed by atoms with Crippen LogP contribution in [0.1, 0.15) is 21.7 Å². The van der Waals surface area contributed by atoms with Gasteiger partial charge in [0.2, 0.25) is 10.0 Å². The summed E-state index contributed by atoms with van der Waals surface area (Å²) in [5.41, 5.74) is 0.749. The lowest BCUT2D eigenvalue weighted by molar-refractivity contribution is -0.148. The van der Waals surface area contributed by atoms with Gasteiger partial charge in [0.1, 0.15) is 0 Å². The second-order valence-electron chi connectivity index (χ2n) is 5.37. The average Bonchev–Trinajstić information content (AvgIpc) is 3.20. The Morgan fingerprint density at radius 2 is 1.81 bits per heavy atom. The third kappa shape index (κ3) is 6.27. The van der Waals surface area contributed by atoms with E-state index in [4.69, 9.17) is 4.74 Å². The number of nitrogens with one attached hydrogen (secondary N) is 2. The molecule has 2 rings (SSSR count). The molecule has 0 aliphatic heterocycles. The maximum atomic E-state index is 11.7. The number of carbonyl (C=O) groups excluding carboxylic acids is 3. The fourth-order valence-electron chi connectivity index (χ4n) is 2.05. The van der Waals surface area contributed by atoms with Crippen molar-refractivity contribution in [2.24, 2.45) is 0 Å². The third-order valence-corrected chi connectivity index (χ3v) is 5.78. The minimum absolute atomic E-state index is 0.0181. The highest BCUT2D eigenvalue weighted by atomic mass is 32.2. The number of thiophene rings is 1. The Morgan fingerprint density at radius 3 is 2.41 bits per heavy atom. The lowest BCUT2D eigenvalue weighted by atomic mass is 10.1. The minimum atomic E-state index is -3.50. The predicted molar refractivity (Wildman–Crippen MR) is 98.8 cm³/mol. The van der Waals surface area contributed by atoms with Crippen LogP contribution in [-0.2, 0) is 30.8 Å². The highest BCUT2D eigenvalue weighted by molar-refractivity contribution is 7.89. The molecule has 1 heterocycles. The van der Waals surface area contributed by atoms with Crippen molar-refractivity contribution in [2.75, 3.05) is 13.7 Å². The van der Waals surface area contributed by atoms with Crippen molar-refractivity contribution in [2.45, 2.75) is 17.7 Å². The summed E-state index contributed by atoms with van der Waals surface area (Å²) in [6.07, 6.45) is 0.346. The molecule has 27 heavy (non-hydrogen) atoms. The molecule has 10 heteroatoms. The number of aryl methyl sites for hydroxylation is 1. The molecular weight excluding hydrogens is 392 g/mol. The summed E-state index contributed by atoms with van der Waals surface area (Å²) >= 11 is 1.19. The first-order valence-electron chi connectivity index (χ1n) is 7.87. The molecule has 0 aliphatic rings. The first kappa shape index (κ1) is 20.7. The van der Waals surface area contributed by atoms with Crippen molar-refractivity contribution < 1.29 is 27.5 Å². The molecule has 0 spiro atoms. The molecule has 2 amide bonds. The fraction of sp³-hybridized carbons (Fsp3) is 0.235. The van der Waals surface area contributed by atoms with Crippen LogP contribution in [0.3, 0.4) is 0 Å². The fourth-order valence-corrected chi connectivity index (χ4v) is 3.40. The summed E-state index contributed by atoms with van der Waals surface area (Å²) in [7, 11) is -2.18. The zero-order valence-electron chi connectivity index (χ0n) is 14.4. The summed E-state index contributed by atoms with van der Waals surface area (Å²) in [5.74, 6) is -1.84. The number of esters is 1. The van der Waals surface area contributed by atoms with E-state index < -0.39 is 34.4 Å². The summed E-state index contributed by atoms with van der Waals surface area (Å²) < 4.78 is 30.3. The first-order chi connectivity index (χ1) is 12.8. The van der Waals surface area contributed by atoms with E-state index in [2.05, 4.69) is 10.0 Å². The molecule has 0 unspecified atom stereocenters. The molecule has 0 radical (unpaired) electrons. The second-order valence-corrected chi connectivity index (χ2v) is 8.20. The molecular formula is C17H18N2O6S2. The number of hydrogen-bond donors (Lipinski definition) is 2. The summed E-state index contributed by atoms with van der Waals surface area (Å²) in [4.78, 5) is 35.5. The summed E-state index contributed by atoms with van der Waals surface area (Å²) in [6.45, 7) is -0.546. The Hall–Kier alpha value is -2.56. The van der Waals surface area contributed by atoms with Crippen LogP contribution >= 0.6 is 11.3 Å². The van der Waals surface area contributed by atoms with Gasteiger partial charge in [-0.1, -0.05) is 18.2 Å². The standard InChI is InChI=1S/C17H18N2O6S2/c1-18-27(23,24)13-7-4-12(5-8-13)6-9-16(21)25-11-15(20)19-17(22)14-3-2-10-26-14/h2-5,7-8,10,18H,6,9,11H2,1H3,(H,19,20,22). The molecule has 0 atom stereocenters. The normalized spacial score (nSPS) is 11.0. The third-order valence-electron chi connectivity index (χ3n) is 3.48. The molecule has 0 fully saturated rings. The van der Waals surface area contributed by atoms with Crippen LogP contribution in [0.5, 0.6) is 0 Å². The number of hydrogen-bond acceptors (Lipinski definition) is 7. The van der Waals surface area contributed by atoms with Gasteiger partial charge in [-0.25, -0.2) is 13.1 Å². The van der Waals surface area contributed by atoms with Crippen LogP contribution in [-0.4, -0.2) is 39.9 Å². The number of carbonyl (C=O) groups is 3. The number of amides is 2. The highest BCUT2D eigenvalue weighted by Crippen LogP contribution is 2.12. The Morgan fingerprint density at radius 1 is 1.11 bits per heavy atom. The van der Waals surface area contributed by atoms with Crippen LogP contribution in [0.25, 0.3) is 0 Å². The molecule has 2 aromatic rings. The molecule has 0 aliphatic carbocycles. The van der Waals surface area contributed by atoms with Crippen molar-refractivity contribution in [3.63, 3.8) is 0 Å². The van der Waals surface area contributed by atoms with E-state index in [-0.39, 0.29) is 11.3 Å². The van der Waals surface area contributed by atoms with Crippen molar-refractivity contribution >= 4 is 39.1 Å². The second kappa shape index (κ2) is 9.40. The molecule has 0 saturated carbocycles. The summed E-state index contributed by atoms with van der Waals surface area (Å²) in [6, 6.07) is 9.34. The van der Waals surface area contributed by atoms with Crippen LogP contribution in [0.4, 0.5) is 0 Å². The molecule has 2 N–H and O–H groups in total. The van der Waals surface area contributed by atoms with Gasteiger partial charge >= 0.3 is 5.97 Å². The van der Waals surface area contributed by atoms with Crippen LogP contribution in [0.15, 0.2) is 46.7 Å². The number of benzene rings is 1. The van der Waals surface area contributed by atoms with E-state index in [0.717, 1.165) is 5.56 Å². The van der Waals surface area contributed by atoms with Gasteiger partial charge in [0.05, 0.1) is 9.77 Å². The van der Waals surface area contributed by atoms with Gasteiger partial charge < -0.3 is 4.74 Å². The molecule has 8 nitrogen and oxygen atoms in total. The maximum Gasteiger partial charge on any atom is 0.306 e. The van der Waals surface area contributed by atoms with Gasteiger partial charge in [0.15, 0.2) is 6.61 Å². The van der Waals surface area contributed by atoms with E-state index in [1.165, 1.54) is 30.5 Å². The van der Waals surface area contributed by atoms with Crippen molar-refractivity contribution in [1.29, 1.82) is 0 Å². The van der Waals surface area contributed by atoms with Gasteiger partial charge in [0, 0.05) is 6.42 Å². The van der Waals surface area contributed by atoms with Gasteiger partial charge in [0.25, 0.3) is 11.8 Å². The Kier molecular flexibility index (Phi) is 7.22. The Balaban J connectivity index is 1.74. The van der Waals surface area contributed by atoms with Crippen molar-refractivity contribution in [1.82, 2.24) is 10.0 Å². The molecule has 0 saturated heterocycles. The topological polar surface area (TPSA) is 119 Å². The smallest absolute Gasteiger partial charge is 0.306 e. The minimum Gasteiger partial charge on any atom is -0.456 e. The van der Waals surface area contributed by atoms with Crippen molar-refractivity contribution in [3.8, 4) is 0 Å². The summed E-state index contributed by atoms with van der Waals surface area (Å²) in [5, 5.41) is 3.84. The lowest BCUT2D eigenvalue weighted by Crippen LogP contribution is -2.33. The number of sulfonamides is 1. The van der Waals surface area contributed by atoms with Crippen LogP contribution in [0.2, 0.25) is 0 Å². The average molecular weight is 410 g/mol. The Labute approximate surface area is 160 Å². The Bertz CT molecular complexity index is 905. The highest BCUT2D eigenvalue weighted by Gasteiger charge is 2.14. The van der Waals surface area contributed by atoms with Crippen LogP contribution in [0, 0.1) is 0 Å². The monoisotopic (exact) mass is 410 g/mol. The van der Waals surface area contributed by atoms with E-state index in [1.54, 1.807) is 29.6 Å². The van der Waals surface area contributed by atoms with Crippen LogP contribution < -0.4 is 10.0 Å². The number of ether oxygens (including phenoxy) is 1. The quantitative estimate of drug-likeness (QED) is 0.629.